The summed E-state index contributed by atoms with van der Waals surface area (Å²) in [5, 5.41) is 8.76. The third kappa shape index (κ3) is 3.48. The fourth-order valence-electron chi connectivity index (χ4n) is 1.84. The predicted octanol–water partition coefficient (Wildman–Crippen LogP) is 0.735. The van der Waals surface area contributed by atoms with Crippen molar-refractivity contribution in [2.24, 2.45) is 5.92 Å². The van der Waals surface area contributed by atoms with Gasteiger partial charge < -0.3 is 14.7 Å². The highest BCUT2D eigenvalue weighted by Gasteiger charge is 2.28. The van der Waals surface area contributed by atoms with Gasteiger partial charge in [-0.1, -0.05) is 0 Å². The third-order valence-electron chi connectivity index (χ3n) is 2.78. The Kier molecular flexibility index (Phi) is 4.73. The number of carboxylic acids is 1. The Morgan fingerprint density at radius 2 is 1.94 bits per heavy atom. The van der Waals surface area contributed by atoms with Crippen molar-refractivity contribution in [3.63, 3.8) is 0 Å². The minimum Gasteiger partial charge on any atom is -0.480 e. The van der Waals surface area contributed by atoms with Crippen LogP contribution in [0, 0.1) is 5.92 Å². The van der Waals surface area contributed by atoms with Crippen LogP contribution in [-0.2, 0) is 14.3 Å². The highest BCUT2D eigenvalue weighted by atomic mass is 16.5. The van der Waals surface area contributed by atoms with E-state index in [9.17, 15) is 9.59 Å². The van der Waals surface area contributed by atoms with E-state index in [-0.39, 0.29) is 24.4 Å². The molecule has 0 spiro atoms. The normalized spacial score (nSPS) is 17.4. The Bertz CT molecular complexity index is 259. The molecule has 1 fully saturated rings. The van der Waals surface area contributed by atoms with Gasteiger partial charge in [0.15, 0.2) is 0 Å². The fraction of sp³-hybridized carbons (Fsp3) is 0.818. The second-order valence-electron chi connectivity index (χ2n) is 4.34. The van der Waals surface area contributed by atoms with Crippen LogP contribution in [0.4, 0.5) is 0 Å². The van der Waals surface area contributed by atoms with Crippen molar-refractivity contribution in [1.82, 2.24) is 4.90 Å². The molecule has 0 saturated carbocycles. The van der Waals surface area contributed by atoms with Crippen LogP contribution in [0.3, 0.4) is 0 Å². The number of aliphatic carboxylic acids is 1. The second-order valence-corrected chi connectivity index (χ2v) is 4.34. The van der Waals surface area contributed by atoms with Crippen molar-refractivity contribution in [2.75, 3.05) is 19.8 Å². The molecule has 1 saturated heterocycles. The molecule has 1 aliphatic rings. The standard InChI is InChI=1S/C11H19NO4/c1-8(2)12(7-10(13)14)11(15)9-3-5-16-6-4-9/h8-9H,3-7H2,1-2H3,(H,13,14). The SMILES string of the molecule is CC(C)N(CC(=O)O)C(=O)C1CCOCC1. The molecule has 1 rings (SSSR count). The maximum Gasteiger partial charge on any atom is 0.323 e. The molecule has 0 aliphatic carbocycles. The van der Waals surface area contributed by atoms with Gasteiger partial charge in [0, 0.05) is 25.2 Å². The predicted molar refractivity (Wildman–Crippen MR) is 58.0 cm³/mol. The number of ether oxygens (including phenoxy) is 1. The molecule has 1 heterocycles. The van der Waals surface area contributed by atoms with Crippen LogP contribution in [0.1, 0.15) is 26.7 Å². The lowest BCUT2D eigenvalue weighted by molar-refractivity contribution is -0.149. The zero-order valence-corrected chi connectivity index (χ0v) is 9.81. The minimum absolute atomic E-state index is 0.0549. The number of amides is 1. The molecule has 0 radical (unpaired) electrons. The number of carbonyl (C=O) groups is 2. The van der Waals surface area contributed by atoms with Crippen molar-refractivity contribution < 1.29 is 19.4 Å². The molecule has 1 amide bonds. The Morgan fingerprint density at radius 3 is 2.38 bits per heavy atom. The second kappa shape index (κ2) is 5.84. The van der Waals surface area contributed by atoms with Gasteiger partial charge in [-0.3, -0.25) is 9.59 Å². The zero-order valence-electron chi connectivity index (χ0n) is 9.81. The van der Waals surface area contributed by atoms with Crippen LogP contribution in [0.25, 0.3) is 0 Å². The first kappa shape index (κ1) is 13.0. The van der Waals surface area contributed by atoms with Crippen molar-refractivity contribution in [1.29, 1.82) is 0 Å². The van der Waals surface area contributed by atoms with E-state index in [0.717, 1.165) is 0 Å². The maximum atomic E-state index is 12.1. The highest BCUT2D eigenvalue weighted by Crippen LogP contribution is 2.18. The first-order chi connectivity index (χ1) is 7.52. The molecule has 0 aromatic heterocycles. The fourth-order valence-corrected chi connectivity index (χ4v) is 1.84. The summed E-state index contributed by atoms with van der Waals surface area (Å²) >= 11 is 0. The number of carboxylic acid groups (broad SMARTS) is 1. The van der Waals surface area contributed by atoms with Gasteiger partial charge >= 0.3 is 5.97 Å². The summed E-state index contributed by atoms with van der Waals surface area (Å²) in [6, 6.07) is -0.0774. The molecule has 0 bridgehead atoms. The Labute approximate surface area is 95.4 Å². The molecule has 0 atom stereocenters. The summed E-state index contributed by atoms with van der Waals surface area (Å²) in [6.07, 6.45) is 1.39. The summed E-state index contributed by atoms with van der Waals surface area (Å²) in [7, 11) is 0. The average Bonchev–Trinajstić information content (AvgIpc) is 2.25. The number of hydrogen-bond donors (Lipinski definition) is 1. The first-order valence-corrected chi connectivity index (χ1v) is 5.62. The molecule has 1 N–H and O–H groups in total. The maximum absolute atomic E-state index is 12.1. The van der Waals surface area contributed by atoms with Gasteiger partial charge in [0.2, 0.25) is 5.91 Å². The van der Waals surface area contributed by atoms with E-state index >= 15 is 0 Å². The Hall–Kier alpha value is -1.10. The van der Waals surface area contributed by atoms with Gasteiger partial charge in [-0.15, -0.1) is 0 Å². The van der Waals surface area contributed by atoms with Crippen molar-refractivity contribution in [3.05, 3.63) is 0 Å². The lowest BCUT2D eigenvalue weighted by Crippen LogP contribution is -2.45. The molecule has 5 nitrogen and oxygen atoms in total. The van der Waals surface area contributed by atoms with Gasteiger partial charge in [0.05, 0.1) is 0 Å². The molecular formula is C11H19NO4. The lowest BCUT2D eigenvalue weighted by atomic mass is 9.98. The molecule has 92 valence electrons. The molecule has 5 heteroatoms. The largest absolute Gasteiger partial charge is 0.480 e. The third-order valence-corrected chi connectivity index (χ3v) is 2.78. The van der Waals surface area contributed by atoms with Gasteiger partial charge in [0.25, 0.3) is 0 Å². The molecule has 0 unspecified atom stereocenters. The number of rotatable bonds is 4. The Balaban J connectivity index is 2.61. The average molecular weight is 229 g/mol. The molecular weight excluding hydrogens is 210 g/mol. The van der Waals surface area contributed by atoms with E-state index in [0.29, 0.717) is 26.1 Å². The van der Waals surface area contributed by atoms with Crippen LogP contribution in [0.5, 0.6) is 0 Å². The van der Waals surface area contributed by atoms with Crippen molar-refractivity contribution in [3.8, 4) is 0 Å². The van der Waals surface area contributed by atoms with Crippen LogP contribution >= 0.6 is 0 Å². The molecule has 1 aliphatic heterocycles. The monoisotopic (exact) mass is 229 g/mol. The summed E-state index contributed by atoms with van der Waals surface area (Å²) < 4.78 is 5.18. The van der Waals surface area contributed by atoms with E-state index in [4.69, 9.17) is 9.84 Å². The van der Waals surface area contributed by atoms with Gasteiger partial charge in [-0.25, -0.2) is 0 Å². The van der Waals surface area contributed by atoms with Crippen LogP contribution in [-0.4, -0.2) is 47.7 Å². The molecule has 0 aromatic rings. The number of nitrogens with zero attached hydrogens (tertiary/aromatic N) is 1. The first-order valence-electron chi connectivity index (χ1n) is 5.62. The van der Waals surface area contributed by atoms with E-state index in [1.54, 1.807) is 0 Å². The smallest absolute Gasteiger partial charge is 0.323 e. The van der Waals surface area contributed by atoms with Crippen molar-refractivity contribution in [2.45, 2.75) is 32.7 Å². The van der Waals surface area contributed by atoms with E-state index in [1.165, 1.54) is 4.90 Å². The lowest BCUT2D eigenvalue weighted by Gasteiger charge is -2.30. The zero-order chi connectivity index (χ0) is 12.1. The van der Waals surface area contributed by atoms with Gasteiger partial charge in [0.1, 0.15) is 6.54 Å². The molecule has 0 aromatic carbocycles. The summed E-state index contributed by atoms with van der Waals surface area (Å²) in [4.78, 5) is 24.2. The Morgan fingerprint density at radius 1 is 1.38 bits per heavy atom. The van der Waals surface area contributed by atoms with E-state index < -0.39 is 5.97 Å². The highest BCUT2D eigenvalue weighted by molar-refractivity contribution is 5.83. The number of carbonyl (C=O) groups excluding carboxylic acids is 1. The van der Waals surface area contributed by atoms with E-state index in [2.05, 4.69) is 0 Å². The molecule has 16 heavy (non-hydrogen) atoms. The van der Waals surface area contributed by atoms with Crippen LogP contribution < -0.4 is 0 Å². The van der Waals surface area contributed by atoms with Crippen LogP contribution in [0.15, 0.2) is 0 Å². The summed E-state index contributed by atoms with van der Waals surface area (Å²) in [6.45, 7) is 4.64. The topological polar surface area (TPSA) is 66.8 Å². The summed E-state index contributed by atoms with van der Waals surface area (Å²) in [5.41, 5.74) is 0. The quantitative estimate of drug-likeness (QED) is 0.772. The van der Waals surface area contributed by atoms with Crippen LogP contribution in [0.2, 0.25) is 0 Å². The van der Waals surface area contributed by atoms with Gasteiger partial charge in [-0.05, 0) is 26.7 Å². The van der Waals surface area contributed by atoms with Crippen molar-refractivity contribution >= 4 is 11.9 Å². The van der Waals surface area contributed by atoms with E-state index in [1.807, 2.05) is 13.8 Å². The van der Waals surface area contributed by atoms with Gasteiger partial charge in [-0.2, -0.15) is 0 Å². The minimum atomic E-state index is -0.964. The summed E-state index contributed by atoms with van der Waals surface area (Å²) in [5.74, 6) is -1.09. The number of hydrogen-bond acceptors (Lipinski definition) is 3.